The van der Waals surface area contributed by atoms with Gasteiger partial charge in [-0.2, -0.15) is 13.9 Å². The van der Waals surface area contributed by atoms with E-state index in [0.29, 0.717) is 16.8 Å². The topological polar surface area (TPSA) is 90.7 Å². The SMILES string of the molecule is CCC.COc1ccc(-c2ccc(=O)n(Cc3cccc(C(=O)O)c3)n2)cc1OC(F)F. The zero-order valence-electron chi connectivity index (χ0n) is 17.9. The molecule has 32 heavy (non-hydrogen) atoms. The lowest BCUT2D eigenvalue weighted by molar-refractivity contribution is -0.0511. The number of carbonyl (C=O) groups is 1. The maximum atomic E-state index is 12.6. The maximum absolute atomic E-state index is 12.6. The van der Waals surface area contributed by atoms with Crippen molar-refractivity contribution in [3.05, 3.63) is 76.1 Å². The number of carboxylic acid groups (broad SMARTS) is 1. The average molecular weight is 446 g/mol. The molecular formula is C23H24F2N2O5. The molecule has 0 amide bonds. The summed E-state index contributed by atoms with van der Waals surface area (Å²) in [6.07, 6.45) is 1.25. The van der Waals surface area contributed by atoms with Crippen LogP contribution in [0.3, 0.4) is 0 Å². The molecule has 170 valence electrons. The fourth-order valence-electron chi connectivity index (χ4n) is 2.72. The van der Waals surface area contributed by atoms with Crippen molar-refractivity contribution in [2.24, 2.45) is 0 Å². The number of nitrogens with zero attached hydrogens (tertiary/aromatic N) is 2. The Hall–Kier alpha value is -3.75. The van der Waals surface area contributed by atoms with Crippen molar-refractivity contribution < 1.29 is 28.2 Å². The third kappa shape index (κ3) is 6.63. The van der Waals surface area contributed by atoms with Gasteiger partial charge in [0.05, 0.1) is 24.9 Å². The summed E-state index contributed by atoms with van der Waals surface area (Å²) >= 11 is 0. The van der Waals surface area contributed by atoms with Gasteiger partial charge in [0, 0.05) is 11.6 Å². The first-order valence-electron chi connectivity index (χ1n) is 9.82. The summed E-state index contributed by atoms with van der Waals surface area (Å²) < 4.78 is 35.9. The van der Waals surface area contributed by atoms with Crippen LogP contribution in [0.4, 0.5) is 8.78 Å². The highest BCUT2D eigenvalue weighted by Crippen LogP contribution is 2.32. The summed E-state index contributed by atoms with van der Waals surface area (Å²) in [6, 6.07) is 13.3. The number of halogens is 2. The predicted octanol–water partition coefficient (Wildman–Crippen LogP) is 4.68. The van der Waals surface area contributed by atoms with Crippen LogP contribution in [0.1, 0.15) is 36.2 Å². The van der Waals surface area contributed by atoms with Crippen molar-refractivity contribution >= 4 is 5.97 Å². The molecule has 0 spiro atoms. The molecule has 7 nitrogen and oxygen atoms in total. The second-order valence-corrected chi connectivity index (χ2v) is 6.67. The van der Waals surface area contributed by atoms with Crippen LogP contribution in [-0.4, -0.2) is 34.6 Å². The number of aromatic nitrogens is 2. The Morgan fingerprint density at radius 1 is 1.09 bits per heavy atom. The highest BCUT2D eigenvalue weighted by Gasteiger charge is 2.13. The molecule has 1 aromatic heterocycles. The van der Waals surface area contributed by atoms with Crippen LogP contribution in [0.15, 0.2) is 59.4 Å². The summed E-state index contributed by atoms with van der Waals surface area (Å²) in [4.78, 5) is 23.3. The van der Waals surface area contributed by atoms with Gasteiger partial charge >= 0.3 is 12.6 Å². The molecule has 1 N–H and O–H groups in total. The minimum absolute atomic E-state index is 0.0460. The van der Waals surface area contributed by atoms with Gasteiger partial charge in [-0.05, 0) is 42.0 Å². The Morgan fingerprint density at radius 2 is 1.81 bits per heavy atom. The van der Waals surface area contributed by atoms with E-state index in [4.69, 9.17) is 9.84 Å². The molecule has 0 saturated carbocycles. The third-order valence-electron chi connectivity index (χ3n) is 4.05. The zero-order chi connectivity index (χ0) is 23.7. The number of ether oxygens (including phenoxy) is 2. The standard InChI is InChI=1S/C20H16F2N2O5.C3H8/c1-28-16-7-5-13(10-17(16)29-20(21)22)15-6-8-18(25)24(23-15)11-12-3-2-4-14(9-12)19(26)27;1-3-2/h2-10,20H,11H2,1H3,(H,26,27);3H2,1-2H3. The molecule has 1 heterocycles. The van der Waals surface area contributed by atoms with Crippen molar-refractivity contribution in [2.45, 2.75) is 33.4 Å². The van der Waals surface area contributed by atoms with E-state index in [0.717, 1.165) is 4.68 Å². The van der Waals surface area contributed by atoms with Crippen molar-refractivity contribution in [1.82, 2.24) is 9.78 Å². The lowest BCUT2D eigenvalue weighted by Gasteiger charge is -2.12. The van der Waals surface area contributed by atoms with Crippen molar-refractivity contribution in [2.75, 3.05) is 7.11 Å². The predicted molar refractivity (Wildman–Crippen MR) is 116 cm³/mol. The Bertz CT molecular complexity index is 1120. The van der Waals surface area contributed by atoms with Gasteiger partial charge in [-0.1, -0.05) is 32.4 Å². The quantitative estimate of drug-likeness (QED) is 0.567. The van der Waals surface area contributed by atoms with E-state index in [9.17, 15) is 18.4 Å². The molecule has 0 aliphatic rings. The Labute approximate surface area is 183 Å². The van der Waals surface area contributed by atoms with Gasteiger partial charge in [0.25, 0.3) is 5.56 Å². The van der Waals surface area contributed by atoms with Crippen LogP contribution < -0.4 is 15.0 Å². The number of benzene rings is 2. The molecule has 0 radical (unpaired) electrons. The minimum atomic E-state index is -3.03. The van der Waals surface area contributed by atoms with Crippen molar-refractivity contribution in [3.8, 4) is 22.8 Å². The fourth-order valence-corrected chi connectivity index (χ4v) is 2.72. The summed E-state index contributed by atoms with van der Waals surface area (Å²) in [7, 11) is 1.33. The zero-order valence-corrected chi connectivity index (χ0v) is 17.9. The number of alkyl halides is 2. The molecule has 0 aliphatic carbocycles. The molecule has 0 bridgehead atoms. The van der Waals surface area contributed by atoms with E-state index >= 15 is 0 Å². The lowest BCUT2D eigenvalue weighted by Crippen LogP contribution is -2.23. The first-order chi connectivity index (χ1) is 15.3. The first kappa shape index (κ1) is 24.5. The fraction of sp³-hybridized carbons (Fsp3) is 0.261. The smallest absolute Gasteiger partial charge is 0.387 e. The van der Waals surface area contributed by atoms with Gasteiger partial charge in [0.1, 0.15) is 0 Å². The summed E-state index contributed by atoms with van der Waals surface area (Å²) in [6.45, 7) is 1.27. The molecule has 3 aromatic rings. The molecular weight excluding hydrogens is 422 g/mol. The van der Waals surface area contributed by atoms with E-state index in [-0.39, 0.29) is 23.6 Å². The lowest BCUT2D eigenvalue weighted by atomic mass is 10.1. The highest BCUT2D eigenvalue weighted by molar-refractivity contribution is 5.87. The number of methoxy groups -OCH3 is 1. The molecule has 0 saturated heterocycles. The van der Waals surface area contributed by atoms with Gasteiger partial charge in [-0.15, -0.1) is 0 Å². The number of carboxylic acids is 1. The Balaban J connectivity index is 0.00000114. The van der Waals surface area contributed by atoms with Crippen LogP contribution in [0, 0.1) is 0 Å². The maximum Gasteiger partial charge on any atom is 0.387 e. The Kier molecular flexibility index (Phi) is 8.88. The molecule has 9 heteroatoms. The van der Waals surface area contributed by atoms with E-state index in [1.54, 1.807) is 18.2 Å². The van der Waals surface area contributed by atoms with Crippen LogP contribution in [0.5, 0.6) is 11.5 Å². The van der Waals surface area contributed by atoms with Gasteiger partial charge in [-0.25, -0.2) is 9.48 Å². The van der Waals surface area contributed by atoms with Gasteiger partial charge in [-0.3, -0.25) is 4.79 Å². The van der Waals surface area contributed by atoms with Crippen molar-refractivity contribution in [1.29, 1.82) is 0 Å². The van der Waals surface area contributed by atoms with Crippen molar-refractivity contribution in [3.63, 3.8) is 0 Å². The van der Waals surface area contributed by atoms with Crippen LogP contribution in [0.2, 0.25) is 0 Å². The van der Waals surface area contributed by atoms with E-state index in [1.807, 2.05) is 0 Å². The van der Waals surface area contributed by atoms with E-state index in [1.165, 1.54) is 49.9 Å². The van der Waals surface area contributed by atoms with Gasteiger partial charge in [0.15, 0.2) is 11.5 Å². The number of hydrogen-bond donors (Lipinski definition) is 1. The second kappa shape index (κ2) is 11.6. The minimum Gasteiger partial charge on any atom is -0.493 e. The Morgan fingerprint density at radius 3 is 2.44 bits per heavy atom. The summed E-state index contributed by atoms with van der Waals surface area (Å²) in [5, 5.41) is 13.4. The molecule has 0 unspecified atom stereocenters. The van der Waals surface area contributed by atoms with Crippen LogP contribution in [0.25, 0.3) is 11.3 Å². The molecule has 0 aliphatic heterocycles. The van der Waals surface area contributed by atoms with E-state index in [2.05, 4.69) is 23.7 Å². The normalized spacial score (nSPS) is 10.3. The third-order valence-corrected chi connectivity index (χ3v) is 4.05. The number of aromatic carboxylic acids is 1. The first-order valence-corrected chi connectivity index (χ1v) is 9.82. The average Bonchev–Trinajstić information content (AvgIpc) is 2.75. The van der Waals surface area contributed by atoms with Gasteiger partial charge in [0.2, 0.25) is 0 Å². The summed E-state index contributed by atoms with van der Waals surface area (Å²) in [5.41, 5.74) is 1.06. The number of rotatable bonds is 7. The molecule has 0 atom stereocenters. The second-order valence-electron chi connectivity index (χ2n) is 6.67. The van der Waals surface area contributed by atoms with E-state index < -0.39 is 18.1 Å². The largest absolute Gasteiger partial charge is 0.493 e. The monoisotopic (exact) mass is 446 g/mol. The molecule has 3 rings (SSSR count). The van der Waals surface area contributed by atoms with Crippen LogP contribution >= 0.6 is 0 Å². The van der Waals surface area contributed by atoms with Gasteiger partial charge < -0.3 is 14.6 Å². The number of hydrogen-bond acceptors (Lipinski definition) is 5. The summed E-state index contributed by atoms with van der Waals surface area (Å²) in [5.74, 6) is -1.10. The highest BCUT2D eigenvalue weighted by atomic mass is 19.3. The molecule has 2 aromatic carbocycles. The van der Waals surface area contributed by atoms with Crippen LogP contribution in [-0.2, 0) is 6.54 Å². The molecule has 0 fully saturated rings.